The molecule has 3 heterocycles. The minimum absolute atomic E-state index is 0.161. The van der Waals surface area contributed by atoms with E-state index in [0.717, 1.165) is 11.3 Å². The number of rotatable bonds is 4. The van der Waals surface area contributed by atoms with Gasteiger partial charge in [-0.2, -0.15) is 0 Å². The van der Waals surface area contributed by atoms with E-state index in [4.69, 9.17) is 14.2 Å². The Morgan fingerprint density at radius 1 is 1.05 bits per heavy atom. The number of thiazole rings is 1. The van der Waals surface area contributed by atoms with Crippen LogP contribution in [0.5, 0.6) is 11.5 Å². The van der Waals surface area contributed by atoms with E-state index in [0.29, 0.717) is 27.3 Å². The highest BCUT2D eigenvalue weighted by Gasteiger charge is 2.36. The van der Waals surface area contributed by atoms with Crippen molar-refractivity contribution in [3.8, 4) is 11.5 Å². The molecule has 1 aromatic heterocycles. The second kappa shape index (κ2) is 9.42. The zero-order valence-corrected chi connectivity index (χ0v) is 22.0. The van der Waals surface area contributed by atoms with Crippen LogP contribution in [0.25, 0.3) is 5.57 Å². The van der Waals surface area contributed by atoms with Crippen molar-refractivity contribution in [3.63, 3.8) is 0 Å². The smallest absolute Gasteiger partial charge is 0.338 e. The van der Waals surface area contributed by atoms with Crippen LogP contribution in [-0.2, 0) is 19.1 Å². The summed E-state index contributed by atoms with van der Waals surface area (Å²) in [7, 11) is 4.33. The first kappa shape index (κ1) is 25.2. The molecular weight excluding hydrogens is 510 g/mol. The maximum absolute atomic E-state index is 14.0. The number of amides is 1. The molecule has 3 aromatic rings. The highest BCUT2D eigenvalue weighted by molar-refractivity contribution is 7.07. The van der Waals surface area contributed by atoms with Crippen LogP contribution in [0.4, 0.5) is 5.69 Å². The van der Waals surface area contributed by atoms with Crippen molar-refractivity contribution in [3.05, 3.63) is 84.5 Å². The predicted octanol–water partition coefficient (Wildman–Crippen LogP) is 1.69. The minimum atomic E-state index is -0.933. The van der Waals surface area contributed by atoms with Crippen molar-refractivity contribution in [1.29, 1.82) is 0 Å². The lowest BCUT2D eigenvalue weighted by atomic mass is 9.95. The number of fused-ring (bicyclic) bond motifs is 2. The summed E-state index contributed by atoms with van der Waals surface area (Å²) in [4.78, 5) is 58.1. The molecule has 0 unspecified atom stereocenters. The first-order valence-corrected chi connectivity index (χ1v) is 12.4. The Morgan fingerprint density at radius 2 is 1.79 bits per heavy atom. The van der Waals surface area contributed by atoms with Crippen LogP contribution in [-0.4, -0.2) is 43.7 Å². The Kier molecular flexibility index (Phi) is 6.23. The van der Waals surface area contributed by atoms with Crippen LogP contribution < -0.4 is 29.3 Å². The largest absolute Gasteiger partial charge is 0.493 e. The third kappa shape index (κ3) is 3.82. The summed E-state index contributed by atoms with van der Waals surface area (Å²) < 4.78 is 17.3. The molecular formula is C27H23N3O7S. The van der Waals surface area contributed by atoms with Crippen molar-refractivity contribution in [1.82, 2.24) is 4.57 Å². The average molecular weight is 534 g/mol. The fourth-order valence-corrected chi connectivity index (χ4v) is 5.88. The maximum atomic E-state index is 14.0. The van der Waals surface area contributed by atoms with Crippen LogP contribution in [0.2, 0.25) is 0 Å². The van der Waals surface area contributed by atoms with Gasteiger partial charge in [-0.15, -0.1) is 0 Å². The number of benzene rings is 2. The van der Waals surface area contributed by atoms with Crippen molar-refractivity contribution in [2.45, 2.75) is 19.9 Å². The molecule has 0 N–H and O–H groups in total. The normalized spacial score (nSPS) is 17.6. The van der Waals surface area contributed by atoms with Gasteiger partial charge in [0.25, 0.3) is 11.5 Å². The molecule has 1 atom stereocenters. The molecule has 38 heavy (non-hydrogen) atoms. The molecule has 0 bridgehead atoms. The number of esters is 2. The number of ether oxygens (including phenoxy) is 3. The number of para-hydroxylation sites is 1. The van der Waals surface area contributed by atoms with Crippen LogP contribution in [0.3, 0.4) is 0 Å². The molecule has 5 rings (SSSR count). The Morgan fingerprint density at radius 3 is 2.47 bits per heavy atom. The molecule has 1 amide bonds. The number of carbonyl (C=O) groups is 3. The molecule has 0 radical (unpaired) electrons. The van der Waals surface area contributed by atoms with E-state index in [1.165, 1.54) is 36.7 Å². The Balaban J connectivity index is 1.81. The first-order valence-electron chi connectivity index (χ1n) is 11.5. The van der Waals surface area contributed by atoms with Gasteiger partial charge < -0.3 is 19.1 Å². The lowest BCUT2D eigenvalue weighted by Crippen LogP contribution is -2.40. The average Bonchev–Trinajstić information content (AvgIpc) is 3.35. The van der Waals surface area contributed by atoms with E-state index in [1.807, 2.05) is 18.2 Å². The summed E-state index contributed by atoms with van der Waals surface area (Å²) in [6.45, 7) is 2.93. The zero-order chi connectivity index (χ0) is 27.3. The maximum Gasteiger partial charge on any atom is 0.338 e. The predicted molar refractivity (Wildman–Crippen MR) is 139 cm³/mol. The fraction of sp³-hybridized carbons (Fsp3) is 0.222. The Hall–Kier alpha value is -4.51. The van der Waals surface area contributed by atoms with Crippen LogP contribution in [0.1, 0.15) is 31.0 Å². The lowest BCUT2D eigenvalue weighted by molar-refractivity contribution is -0.136. The summed E-state index contributed by atoms with van der Waals surface area (Å²) in [6, 6.07) is 11.1. The molecule has 2 aromatic carbocycles. The van der Waals surface area contributed by atoms with E-state index < -0.39 is 23.5 Å². The lowest BCUT2D eigenvalue weighted by Gasteiger charge is -2.25. The third-order valence-corrected chi connectivity index (χ3v) is 7.49. The summed E-state index contributed by atoms with van der Waals surface area (Å²) in [5, 5.41) is 0. The van der Waals surface area contributed by atoms with E-state index in [2.05, 4.69) is 4.99 Å². The Bertz CT molecular complexity index is 1750. The number of methoxy groups -OCH3 is 2. The minimum Gasteiger partial charge on any atom is -0.493 e. The first-order chi connectivity index (χ1) is 18.2. The van der Waals surface area contributed by atoms with E-state index in [1.54, 1.807) is 32.2 Å². The van der Waals surface area contributed by atoms with Crippen molar-refractivity contribution < 1.29 is 28.6 Å². The summed E-state index contributed by atoms with van der Waals surface area (Å²) in [5.74, 6) is -1.05. The summed E-state index contributed by atoms with van der Waals surface area (Å²) in [6.07, 6.45) is 0. The molecule has 10 nitrogen and oxygen atoms in total. The molecule has 0 saturated heterocycles. The second-order valence-electron chi connectivity index (χ2n) is 8.65. The third-order valence-electron chi connectivity index (χ3n) is 6.44. The van der Waals surface area contributed by atoms with Gasteiger partial charge in [0.1, 0.15) is 4.53 Å². The van der Waals surface area contributed by atoms with Crippen LogP contribution in [0, 0.1) is 0 Å². The van der Waals surface area contributed by atoms with Gasteiger partial charge in [-0.25, -0.2) is 9.79 Å². The fourth-order valence-electron chi connectivity index (χ4n) is 4.74. The van der Waals surface area contributed by atoms with Crippen LogP contribution >= 0.6 is 11.3 Å². The quantitative estimate of drug-likeness (QED) is 0.370. The SMILES string of the molecule is COC(=O)C1=C(C)N=c2s/c(=C3\C(=O)N(C)c4ccccc43)c(=O)n2[C@H]1c1ccc(OC(C)=O)c(OC)c1. The van der Waals surface area contributed by atoms with Crippen molar-refractivity contribution in [2.24, 2.45) is 4.99 Å². The van der Waals surface area contributed by atoms with E-state index in [-0.39, 0.29) is 33.1 Å². The van der Waals surface area contributed by atoms with Gasteiger partial charge in [0, 0.05) is 19.5 Å². The zero-order valence-electron chi connectivity index (χ0n) is 21.2. The molecule has 194 valence electrons. The number of carbonyl (C=O) groups excluding carboxylic acids is 3. The number of likely N-dealkylation sites (N-methyl/N-ethyl adjacent to an activating group) is 1. The van der Waals surface area contributed by atoms with Crippen molar-refractivity contribution >= 4 is 40.4 Å². The van der Waals surface area contributed by atoms with Gasteiger partial charge in [-0.05, 0) is 30.7 Å². The topological polar surface area (TPSA) is 117 Å². The van der Waals surface area contributed by atoms with Crippen LogP contribution in [0.15, 0.2) is 63.5 Å². The molecule has 2 aliphatic rings. The number of hydrogen-bond acceptors (Lipinski definition) is 9. The molecule has 11 heteroatoms. The monoisotopic (exact) mass is 533 g/mol. The standard InChI is InChI=1S/C27H23N3O7S/c1-13-20(26(34)36-5)22(15-10-11-18(37-14(2)31)19(12-15)35-4)30-25(33)23(38-27(30)28-13)21-16-8-6-7-9-17(16)29(3)24(21)32/h6-12,22H,1-5H3/b23-21-/t22-/m0/s1. The van der Waals surface area contributed by atoms with Crippen molar-refractivity contribution in [2.75, 3.05) is 26.2 Å². The van der Waals surface area contributed by atoms with Gasteiger partial charge in [-0.3, -0.25) is 19.0 Å². The number of nitrogens with zero attached hydrogens (tertiary/aromatic N) is 3. The highest BCUT2D eigenvalue weighted by Crippen LogP contribution is 2.37. The van der Waals surface area contributed by atoms with Gasteiger partial charge in [0.15, 0.2) is 16.3 Å². The number of allylic oxidation sites excluding steroid dienone is 1. The van der Waals surface area contributed by atoms with E-state index in [9.17, 15) is 19.2 Å². The summed E-state index contributed by atoms with van der Waals surface area (Å²) >= 11 is 1.09. The number of aromatic nitrogens is 1. The van der Waals surface area contributed by atoms with E-state index >= 15 is 0 Å². The van der Waals surface area contributed by atoms with Gasteiger partial charge in [-0.1, -0.05) is 35.6 Å². The number of anilines is 1. The molecule has 2 aliphatic heterocycles. The highest BCUT2D eigenvalue weighted by atomic mass is 32.1. The summed E-state index contributed by atoms with van der Waals surface area (Å²) in [5.41, 5.74) is 2.20. The second-order valence-corrected chi connectivity index (χ2v) is 9.63. The molecule has 0 fully saturated rings. The number of hydrogen-bond donors (Lipinski definition) is 0. The van der Waals surface area contributed by atoms with Gasteiger partial charge in [0.2, 0.25) is 0 Å². The molecule has 0 saturated carbocycles. The van der Waals surface area contributed by atoms with Gasteiger partial charge in [0.05, 0.1) is 42.8 Å². The Labute approximate surface area is 220 Å². The van der Waals surface area contributed by atoms with Gasteiger partial charge >= 0.3 is 11.9 Å². The molecule has 0 aliphatic carbocycles. The molecule has 0 spiro atoms.